The number of pyridine rings is 1. The maximum Gasteiger partial charge on any atom is 0.101 e. The Hall–Kier alpha value is -1.26. The predicted octanol–water partition coefficient (Wildman–Crippen LogP) is 2.50. The summed E-state index contributed by atoms with van der Waals surface area (Å²) in [5.74, 6) is 0. The molecule has 2 heterocycles. The fourth-order valence-corrected chi connectivity index (χ4v) is 3.24. The van der Waals surface area contributed by atoms with Crippen LogP contribution in [0.4, 0.5) is 0 Å². The minimum Gasteiger partial charge on any atom is -0.329 e. The van der Waals surface area contributed by atoms with Gasteiger partial charge in [-0.1, -0.05) is 0 Å². The lowest BCUT2D eigenvalue weighted by Gasteiger charge is -2.06. The van der Waals surface area contributed by atoms with Crippen LogP contribution in [0.2, 0.25) is 0 Å². The van der Waals surface area contributed by atoms with Crippen molar-refractivity contribution in [3.8, 4) is 11.3 Å². The summed E-state index contributed by atoms with van der Waals surface area (Å²) in [6.07, 6.45) is 6.02. The van der Waals surface area contributed by atoms with Crippen LogP contribution in [0.15, 0.2) is 24.5 Å². The Morgan fingerprint density at radius 2 is 2.29 bits per heavy atom. The monoisotopic (exact) mass is 245 g/mol. The van der Waals surface area contributed by atoms with Crippen molar-refractivity contribution < 1.29 is 0 Å². The molecule has 0 bridgehead atoms. The second kappa shape index (κ2) is 3.89. The van der Waals surface area contributed by atoms with Crippen LogP contribution < -0.4 is 5.73 Å². The molecule has 2 aromatic rings. The number of aromatic nitrogens is 2. The molecule has 0 spiro atoms. The van der Waals surface area contributed by atoms with Gasteiger partial charge in [0.05, 0.1) is 5.69 Å². The van der Waals surface area contributed by atoms with Crippen molar-refractivity contribution in [1.29, 1.82) is 0 Å². The summed E-state index contributed by atoms with van der Waals surface area (Å²) in [5.41, 5.74) is 8.21. The molecular formula is C13H15N3S. The van der Waals surface area contributed by atoms with Crippen molar-refractivity contribution >= 4 is 11.3 Å². The highest BCUT2D eigenvalue weighted by Gasteiger charge is 2.45. The van der Waals surface area contributed by atoms with Crippen LogP contribution in [0.5, 0.6) is 0 Å². The number of thiazole rings is 1. The van der Waals surface area contributed by atoms with Crippen molar-refractivity contribution in [3.63, 3.8) is 0 Å². The van der Waals surface area contributed by atoms with Crippen molar-refractivity contribution in [2.75, 3.05) is 6.54 Å². The zero-order chi connectivity index (χ0) is 11.9. The number of hydrogen-bond acceptors (Lipinski definition) is 4. The standard InChI is InChI=1S/C13H15N3S/c1-9-11(10-3-2-6-15-7-10)16-12(17-9)13(8-14)4-5-13/h2-3,6-7H,4-5,8,14H2,1H3. The number of nitrogens with zero attached hydrogens (tertiary/aromatic N) is 2. The molecule has 0 atom stereocenters. The zero-order valence-electron chi connectivity index (χ0n) is 9.81. The summed E-state index contributed by atoms with van der Waals surface area (Å²) in [5, 5.41) is 1.20. The van der Waals surface area contributed by atoms with Crippen LogP contribution in [0.1, 0.15) is 22.7 Å². The fraction of sp³-hybridized carbons (Fsp3) is 0.385. The Labute approximate surface area is 105 Å². The average Bonchev–Trinajstić information content (AvgIpc) is 3.08. The molecule has 1 aliphatic rings. The molecule has 1 saturated carbocycles. The first kappa shape index (κ1) is 10.9. The maximum atomic E-state index is 5.85. The third-order valence-electron chi connectivity index (χ3n) is 3.43. The van der Waals surface area contributed by atoms with Crippen LogP contribution in [-0.2, 0) is 5.41 Å². The van der Waals surface area contributed by atoms with E-state index in [0.29, 0.717) is 6.54 Å². The number of aryl methyl sites for hydroxylation is 1. The molecule has 3 nitrogen and oxygen atoms in total. The highest BCUT2D eigenvalue weighted by Crippen LogP contribution is 2.49. The normalized spacial score (nSPS) is 17.1. The number of nitrogens with two attached hydrogens (primary N) is 1. The molecule has 1 fully saturated rings. The molecule has 88 valence electrons. The van der Waals surface area contributed by atoms with Gasteiger partial charge in [-0.05, 0) is 31.9 Å². The third-order valence-corrected chi connectivity index (χ3v) is 4.65. The highest BCUT2D eigenvalue weighted by atomic mass is 32.1. The summed E-state index contributed by atoms with van der Waals surface area (Å²) in [7, 11) is 0. The van der Waals surface area contributed by atoms with E-state index in [2.05, 4.69) is 18.0 Å². The van der Waals surface area contributed by atoms with Crippen molar-refractivity contribution in [2.24, 2.45) is 5.73 Å². The Bertz CT molecular complexity index is 529. The summed E-state index contributed by atoms with van der Waals surface area (Å²) in [6, 6.07) is 4.00. The lowest BCUT2D eigenvalue weighted by atomic mass is 10.1. The van der Waals surface area contributed by atoms with Gasteiger partial charge in [0, 0.05) is 34.8 Å². The molecule has 17 heavy (non-hydrogen) atoms. The van der Waals surface area contributed by atoms with Gasteiger partial charge in [-0.2, -0.15) is 0 Å². The minimum absolute atomic E-state index is 0.190. The highest BCUT2D eigenvalue weighted by molar-refractivity contribution is 7.12. The molecule has 4 heteroatoms. The molecule has 0 radical (unpaired) electrons. The first-order chi connectivity index (χ1) is 8.25. The fourth-order valence-electron chi connectivity index (χ4n) is 2.05. The van der Waals surface area contributed by atoms with Gasteiger partial charge in [0.25, 0.3) is 0 Å². The van der Waals surface area contributed by atoms with Gasteiger partial charge in [0.15, 0.2) is 0 Å². The van der Waals surface area contributed by atoms with Gasteiger partial charge >= 0.3 is 0 Å². The van der Waals surface area contributed by atoms with Gasteiger partial charge in [0.1, 0.15) is 5.01 Å². The second-order valence-corrected chi connectivity index (χ2v) is 5.85. The molecule has 0 aromatic carbocycles. The summed E-state index contributed by atoms with van der Waals surface area (Å²) in [4.78, 5) is 10.2. The Morgan fingerprint density at radius 1 is 1.47 bits per heavy atom. The van der Waals surface area contributed by atoms with E-state index in [1.165, 1.54) is 22.7 Å². The van der Waals surface area contributed by atoms with E-state index in [0.717, 1.165) is 11.3 Å². The first-order valence-electron chi connectivity index (χ1n) is 5.83. The van der Waals surface area contributed by atoms with Crippen LogP contribution in [0.25, 0.3) is 11.3 Å². The van der Waals surface area contributed by atoms with Crippen molar-refractivity contribution in [2.45, 2.75) is 25.2 Å². The average molecular weight is 245 g/mol. The maximum absolute atomic E-state index is 5.85. The van der Waals surface area contributed by atoms with E-state index in [1.54, 1.807) is 17.5 Å². The van der Waals surface area contributed by atoms with Gasteiger partial charge in [-0.25, -0.2) is 4.98 Å². The molecule has 2 N–H and O–H groups in total. The van der Waals surface area contributed by atoms with Crippen molar-refractivity contribution in [1.82, 2.24) is 9.97 Å². The van der Waals surface area contributed by atoms with E-state index in [4.69, 9.17) is 10.7 Å². The predicted molar refractivity (Wildman–Crippen MR) is 70.0 cm³/mol. The third kappa shape index (κ3) is 1.77. The van der Waals surface area contributed by atoms with Crippen LogP contribution in [0, 0.1) is 6.92 Å². The van der Waals surface area contributed by atoms with Gasteiger partial charge < -0.3 is 5.73 Å². The summed E-state index contributed by atoms with van der Waals surface area (Å²) < 4.78 is 0. The van der Waals surface area contributed by atoms with Crippen molar-refractivity contribution in [3.05, 3.63) is 34.4 Å². The number of hydrogen-bond donors (Lipinski definition) is 1. The first-order valence-corrected chi connectivity index (χ1v) is 6.65. The summed E-state index contributed by atoms with van der Waals surface area (Å²) in [6.45, 7) is 2.84. The summed E-state index contributed by atoms with van der Waals surface area (Å²) >= 11 is 1.78. The van der Waals surface area contributed by atoms with Crippen LogP contribution >= 0.6 is 11.3 Å². The molecule has 0 saturated heterocycles. The topological polar surface area (TPSA) is 51.8 Å². The van der Waals surface area contributed by atoms with E-state index >= 15 is 0 Å². The molecule has 1 aliphatic carbocycles. The molecule has 3 rings (SSSR count). The molecular weight excluding hydrogens is 230 g/mol. The Kier molecular flexibility index (Phi) is 2.49. The SMILES string of the molecule is Cc1sc(C2(CN)CC2)nc1-c1cccnc1. The van der Waals surface area contributed by atoms with Gasteiger partial charge in [-0.3, -0.25) is 4.98 Å². The van der Waals surface area contributed by atoms with Crippen LogP contribution in [0.3, 0.4) is 0 Å². The molecule has 0 unspecified atom stereocenters. The van der Waals surface area contributed by atoms with E-state index in [1.807, 2.05) is 12.3 Å². The lowest BCUT2D eigenvalue weighted by molar-refractivity contribution is 0.698. The number of rotatable bonds is 3. The second-order valence-electron chi connectivity index (χ2n) is 4.65. The Morgan fingerprint density at radius 3 is 2.88 bits per heavy atom. The minimum atomic E-state index is 0.190. The van der Waals surface area contributed by atoms with E-state index in [-0.39, 0.29) is 5.41 Å². The van der Waals surface area contributed by atoms with Crippen LogP contribution in [-0.4, -0.2) is 16.5 Å². The molecule has 0 aliphatic heterocycles. The van der Waals surface area contributed by atoms with Gasteiger partial charge in [0.2, 0.25) is 0 Å². The zero-order valence-corrected chi connectivity index (χ0v) is 10.6. The van der Waals surface area contributed by atoms with E-state index in [9.17, 15) is 0 Å². The molecule has 0 amide bonds. The smallest absolute Gasteiger partial charge is 0.101 e. The quantitative estimate of drug-likeness (QED) is 0.904. The molecule has 2 aromatic heterocycles. The van der Waals surface area contributed by atoms with E-state index < -0.39 is 0 Å². The largest absolute Gasteiger partial charge is 0.329 e. The lowest BCUT2D eigenvalue weighted by Crippen LogP contribution is -2.19. The van der Waals surface area contributed by atoms with Gasteiger partial charge in [-0.15, -0.1) is 11.3 Å². The Balaban J connectivity index is 2.03.